The van der Waals surface area contributed by atoms with Crippen molar-refractivity contribution >= 4 is 15.9 Å². The summed E-state index contributed by atoms with van der Waals surface area (Å²) in [5.74, 6) is -0.829. The molecule has 0 aromatic rings. The molecule has 0 heterocycles. The molecular formula is C24H43NO6S. The minimum absolute atomic E-state index is 0.0317. The third-order valence-corrected chi connectivity index (χ3v) is 7.33. The van der Waals surface area contributed by atoms with E-state index in [1.54, 1.807) is 6.08 Å². The summed E-state index contributed by atoms with van der Waals surface area (Å²) in [6, 6.07) is 0. The molecule has 186 valence electrons. The van der Waals surface area contributed by atoms with Crippen molar-refractivity contribution in [2.24, 2.45) is 11.8 Å². The molecule has 8 heteroatoms. The zero-order chi connectivity index (χ0) is 24.0. The second kappa shape index (κ2) is 15.6. The zero-order valence-electron chi connectivity index (χ0n) is 19.7. The Labute approximate surface area is 194 Å². The number of rotatable bonds is 16. The third kappa shape index (κ3) is 11.6. The Morgan fingerprint density at radius 1 is 1.06 bits per heavy atom. The predicted octanol–water partition coefficient (Wildman–Crippen LogP) is 3.20. The van der Waals surface area contributed by atoms with Gasteiger partial charge in [-0.3, -0.25) is 9.52 Å². The Morgan fingerprint density at radius 2 is 1.78 bits per heavy atom. The number of hydrogen-bond acceptors (Lipinski definition) is 6. The topological polar surface area (TPSA) is 124 Å². The lowest BCUT2D eigenvalue weighted by Gasteiger charge is -2.19. The molecule has 0 saturated heterocycles. The molecule has 0 radical (unpaired) electrons. The average Bonchev–Trinajstić information content (AvgIpc) is 2.99. The van der Waals surface area contributed by atoms with Crippen LogP contribution in [0.2, 0.25) is 0 Å². The van der Waals surface area contributed by atoms with Crippen molar-refractivity contribution in [3.8, 4) is 0 Å². The first-order valence-electron chi connectivity index (χ1n) is 12.1. The van der Waals surface area contributed by atoms with Gasteiger partial charge in [-0.05, 0) is 38.0 Å². The SMILES string of the molecule is CCCCC[C@@H](O)/C=C/[C@@H]1[C@@H](C/C=C\CCCC(=O)NS(=O)(=O)CCCC)[C@@H](O)C[C@H]1O. The molecule has 0 aromatic heterocycles. The van der Waals surface area contributed by atoms with Crippen molar-refractivity contribution in [1.29, 1.82) is 0 Å². The van der Waals surface area contributed by atoms with Gasteiger partial charge in [-0.25, -0.2) is 8.42 Å². The smallest absolute Gasteiger partial charge is 0.234 e. The number of hydrogen-bond donors (Lipinski definition) is 4. The van der Waals surface area contributed by atoms with Crippen LogP contribution in [0, 0.1) is 11.8 Å². The Bertz CT molecular complexity index is 691. The van der Waals surface area contributed by atoms with Gasteiger partial charge in [0, 0.05) is 18.8 Å². The summed E-state index contributed by atoms with van der Waals surface area (Å²) in [7, 11) is -3.53. The molecular weight excluding hydrogens is 430 g/mol. The largest absolute Gasteiger partial charge is 0.393 e. The second-order valence-electron chi connectivity index (χ2n) is 8.86. The van der Waals surface area contributed by atoms with Crippen molar-refractivity contribution in [2.45, 2.75) is 103 Å². The number of carbonyl (C=O) groups excluding carboxylic acids is 1. The highest BCUT2D eigenvalue weighted by atomic mass is 32.2. The van der Waals surface area contributed by atoms with Gasteiger partial charge in [0.2, 0.25) is 15.9 Å². The fraction of sp³-hybridized carbons (Fsp3) is 0.792. The van der Waals surface area contributed by atoms with Crippen LogP contribution in [0.15, 0.2) is 24.3 Å². The summed E-state index contributed by atoms with van der Waals surface area (Å²) >= 11 is 0. The van der Waals surface area contributed by atoms with Gasteiger partial charge in [0.1, 0.15) is 0 Å². The third-order valence-electron chi connectivity index (χ3n) is 5.96. The number of carbonyl (C=O) groups is 1. The maximum absolute atomic E-state index is 11.8. The van der Waals surface area contributed by atoms with Gasteiger partial charge in [0.15, 0.2) is 0 Å². The van der Waals surface area contributed by atoms with Gasteiger partial charge in [-0.2, -0.15) is 0 Å². The first-order valence-corrected chi connectivity index (χ1v) is 13.8. The standard InChI is InChI=1S/C24H43NO6S/c1-3-5-9-12-19(26)15-16-21-20(22(27)18-23(21)28)13-10-7-8-11-14-24(29)25-32(30,31)17-6-4-2/h7,10,15-16,19-23,26-28H,3-6,8-9,11-14,17-18H2,1-2H3,(H,25,29)/b10-7-,16-15+/t19-,20-,21-,22+,23-/m1/s1. The number of allylic oxidation sites excluding steroid dienone is 2. The number of amides is 1. The highest BCUT2D eigenvalue weighted by Gasteiger charge is 2.39. The summed E-state index contributed by atoms with van der Waals surface area (Å²) in [6.07, 6.45) is 13.1. The quantitative estimate of drug-likeness (QED) is 0.202. The lowest BCUT2D eigenvalue weighted by molar-refractivity contribution is -0.119. The van der Waals surface area contributed by atoms with E-state index in [-0.39, 0.29) is 24.0 Å². The number of unbranched alkanes of at least 4 members (excludes halogenated alkanes) is 4. The van der Waals surface area contributed by atoms with Crippen LogP contribution >= 0.6 is 0 Å². The van der Waals surface area contributed by atoms with Crippen molar-refractivity contribution < 1.29 is 28.5 Å². The Balaban J connectivity index is 2.40. The van der Waals surface area contributed by atoms with E-state index in [1.165, 1.54) is 0 Å². The molecule has 1 saturated carbocycles. The second-order valence-corrected chi connectivity index (χ2v) is 10.7. The fourth-order valence-corrected chi connectivity index (χ4v) is 5.24. The number of aliphatic hydroxyl groups is 3. The Morgan fingerprint density at radius 3 is 2.47 bits per heavy atom. The molecule has 0 spiro atoms. The van der Waals surface area contributed by atoms with Gasteiger partial charge in [-0.15, -0.1) is 0 Å². The van der Waals surface area contributed by atoms with Crippen LogP contribution in [0.1, 0.15) is 84.5 Å². The van der Waals surface area contributed by atoms with E-state index >= 15 is 0 Å². The summed E-state index contributed by atoms with van der Waals surface area (Å²) in [6.45, 7) is 4.01. The monoisotopic (exact) mass is 473 g/mol. The first kappa shape index (κ1) is 28.8. The Hall–Kier alpha value is -1.22. The number of sulfonamides is 1. The highest BCUT2D eigenvalue weighted by Crippen LogP contribution is 2.36. The van der Waals surface area contributed by atoms with Crippen LogP contribution in [0.5, 0.6) is 0 Å². The molecule has 0 aromatic carbocycles. The molecule has 1 aliphatic rings. The summed E-state index contributed by atoms with van der Waals surface area (Å²) < 4.78 is 25.5. The van der Waals surface area contributed by atoms with Crippen LogP contribution in [0.25, 0.3) is 0 Å². The molecule has 0 unspecified atom stereocenters. The van der Waals surface area contributed by atoms with Gasteiger partial charge in [0.05, 0.1) is 24.1 Å². The molecule has 5 atom stereocenters. The van der Waals surface area contributed by atoms with Gasteiger partial charge >= 0.3 is 0 Å². The normalized spacial score (nSPS) is 25.0. The molecule has 32 heavy (non-hydrogen) atoms. The maximum Gasteiger partial charge on any atom is 0.234 e. The van der Waals surface area contributed by atoms with Crippen LogP contribution in [-0.2, 0) is 14.8 Å². The molecule has 4 N–H and O–H groups in total. The van der Waals surface area contributed by atoms with E-state index in [0.29, 0.717) is 38.5 Å². The van der Waals surface area contributed by atoms with Crippen LogP contribution < -0.4 is 4.72 Å². The maximum atomic E-state index is 11.8. The van der Waals surface area contributed by atoms with Crippen LogP contribution in [0.4, 0.5) is 0 Å². The molecule has 1 aliphatic carbocycles. The lowest BCUT2D eigenvalue weighted by atomic mass is 9.89. The molecule has 1 amide bonds. The minimum Gasteiger partial charge on any atom is -0.393 e. The van der Waals surface area contributed by atoms with Crippen molar-refractivity contribution in [2.75, 3.05) is 5.75 Å². The minimum atomic E-state index is -3.53. The predicted molar refractivity (Wildman–Crippen MR) is 127 cm³/mol. The van der Waals surface area contributed by atoms with Crippen molar-refractivity contribution in [1.82, 2.24) is 4.72 Å². The van der Waals surface area contributed by atoms with Gasteiger partial charge in [0.25, 0.3) is 0 Å². The fourth-order valence-electron chi connectivity index (χ4n) is 4.02. The molecule has 0 bridgehead atoms. The van der Waals surface area contributed by atoms with Crippen LogP contribution in [0.3, 0.4) is 0 Å². The average molecular weight is 474 g/mol. The lowest BCUT2D eigenvalue weighted by Crippen LogP contribution is -2.32. The molecule has 1 fully saturated rings. The van der Waals surface area contributed by atoms with E-state index < -0.39 is 34.2 Å². The summed E-state index contributed by atoms with van der Waals surface area (Å²) in [4.78, 5) is 11.8. The number of aliphatic hydroxyl groups excluding tert-OH is 3. The number of nitrogens with one attached hydrogen (secondary N) is 1. The van der Waals surface area contributed by atoms with E-state index in [4.69, 9.17) is 0 Å². The zero-order valence-corrected chi connectivity index (χ0v) is 20.5. The molecule has 0 aliphatic heterocycles. The van der Waals surface area contributed by atoms with Crippen molar-refractivity contribution in [3.05, 3.63) is 24.3 Å². The van der Waals surface area contributed by atoms with E-state index in [2.05, 4.69) is 11.6 Å². The van der Waals surface area contributed by atoms with Crippen molar-refractivity contribution in [3.63, 3.8) is 0 Å². The molecule has 7 nitrogen and oxygen atoms in total. The first-order chi connectivity index (χ1) is 15.2. The molecule has 1 rings (SSSR count). The highest BCUT2D eigenvalue weighted by molar-refractivity contribution is 7.90. The van der Waals surface area contributed by atoms with E-state index in [0.717, 1.165) is 25.7 Å². The van der Waals surface area contributed by atoms with Crippen LogP contribution in [-0.4, -0.2) is 53.7 Å². The Kier molecular flexibility index (Phi) is 14.0. The summed E-state index contributed by atoms with van der Waals surface area (Å²) in [5, 5.41) is 30.7. The summed E-state index contributed by atoms with van der Waals surface area (Å²) in [5.41, 5.74) is 0. The van der Waals surface area contributed by atoms with E-state index in [9.17, 15) is 28.5 Å². The van der Waals surface area contributed by atoms with Gasteiger partial charge < -0.3 is 15.3 Å². The van der Waals surface area contributed by atoms with E-state index in [1.807, 2.05) is 25.2 Å². The van der Waals surface area contributed by atoms with Gasteiger partial charge in [-0.1, -0.05) is 63.8 Å².